The van der Waals surface area contributed by atoms with Crippen molar-refractivity contribution in [3.63, 3.8) is 0 Å². The van der Waals surface area contributed by atoms with E-state index in [1.165, 1.54) is 24.1 Å². The minimum Gasteiger partial charge on any atom is -0.378 e. The fourth-order valence-corrected chi connectivity index (χ4v) is 3.95. The third-order valence-electron chi connectivity index (χ3n) is 5.40. The van der Waals surface area contributed by atoms with E-state index < -0.39 is 6.04 Å². The molecule has 1 aromatic heterocycles. The van der Waals surface area contributed by atoms with Gasteiger partial charge in [0.2, 0.25) is 5.91 Å². The number of benzene rings is 1. The molecule has 4 rings (SSSR count). The van der Waals surface area contributed by atoms with Gasteiger partial charge in [0.25, 0.3) is 5.91 Å². The summed E-state index contributed by atoms with van der Waals surface area (Å²) in [6.07, 6.45) is 4.55. The van der Waals surface area contributed by atoms with Crippen molar-refractivity contribution in [2.24, 2.45) is 0 Å². The van der Waals surface area contributed by atoms with Crippen molar-refractivity contribution in [1.82, 2.24) is 15.2 Å². The zero-order valence-electron chi connectivity index (χ0n) is 15.1. The molecule has 2 aliphatic rings. The third kappa shape index (κ3) is 3.21. The number of carbonyl (C=O) groups excluding carboxylic acids is 2. The number of amides is 2. The summed E-state index contributed by atoms with van der Waals surface area (Å²) in [5.41, 5.74) is 4.34. The highest BCUT2D eigenvalue weighted by Gasteiger charge is 2.24. The number of aromatic nitrogens is 1. The van der Waals surface area contributed by atoms with E-state index in [-0.39, 0.29) is 11.8 Å². The van der Waals surface area contributed by atoms with Crippen LogP contribution in [0.3, 0.4) is 0 Å². The van der Waals surface area contributed by atoms with Crippen molar-refractivity contribution >= 4 is 22.7 Å². The number of hydrogen-bond donors (Lipinski definition) is 2. The highest BCUT2D eigenvalue weighted by Crippen LogP contribution is 2.29. The normalized spacial score (nSPS) is 18.4. The van der Waals surface area contributed by atoms with Crippen LogP contribution in [0.25, 0.3) is 10.9 Å². The molecule has 138 valence electrons. The number of aryl methyl sites for hydroxylation is 2. The number of hydrogen-bond acceptors (Lipinski definition) is 3. The minimum atomic E-state index is -0.545. The molecule has 0 saturated carbocycles. The maximum Gasteiger partial charge on any atom is 0.251 e. The van der Waals surface area contributed by atoms with E-state index in [9.17, 15) is 9.59 Å². The number of aromatic amines is 1. The zero-order valence-corrected chi connectivity index (χ0v) is 15.1. The van der Waals surface area contributed by atoms with Gasteiger partial charge in [-0.1, -0.05) is 0 Å². The Labute approximate surface area is 152 Å². The Morgan fingerprint density at radius 1 is 1.19 bits per heavy atom. The van der Waals surface area contributed by atoms with E-state index in [1.807, 2.05) is 18.2 Å². The van der Waals surface area contributed by atoms with E-state index in [4.69, 9.17) is 4.74 Å². The second kappa shape index (κ2) is 7.11. The predicted molar refractivity (Wildman–Crippen MR) is 99.3 cm³/mol. The molecule has 2 heterocycles. The highest BCUT2D eigenvalue weighted by molar-refractivity contribution is 6.01. The van der Waals surface area contributed by atoms with Crippen molar-refractivity contribution in [1.29, 1.82) is 0 Å². The van der Waals surface area contributed by atoms with Crippen LogP contribution in [0.4, 0.5) is 0 Å². The first-order valence-electron chi connectivity index (χ1n) is 9.44. The summed E-state index contributed by atoms with van der Waals surface area (Å²) < 4.78 is 5.27. The smallest absolute Gasteiger partial charge is 0.251 e. The van der Waals surface area contributed by atoms with Gasteiger partial charge in [0.05, 0.1) is 13.2 Å². The predicted octanol–water partition coefficient (Wildman–Crippen LogP) is 2.02. The van der Waals surface area contributed by atoms with Crippen LogP contribution >= 0.6 is 0 Å². The molecule has 1 saturated heterocycles. The van der Waals surface area contributed by atoms with Gasteiger partial charge in [0, 0.05) is 35.2 Å². The minimum absolute atomic E-state index is 0.0539. The van der Waals surface area contributed by atoms with E-state index in [1.54, 1.807) is 11.8 Å². The second-order valence-electron chi connectivity index (χ2n) is 7.18. The van der Waals surface area contributed by atoms with Gasteiger partial charge < -0.3 is 19.9 Å². The molecule has 0 bridgehead atoms. The summed E-state index contributed by atoms with van der Waals surface area (Å²) in [5.74, 6) is -0.256. The summed E-state index contributed by atoms with van der Waals surface area (Å²) in [6.45, 7) is 4.02. The molecule has 6 heteroatoms. The summed E-state index contributed by atoms with van der Waals surface area (Å²) in [7, 11) is 0. The average molecular weight is 355 g/mol. The molecule has 26 heavy (non-hydrogen) atoms. The third-order valence-corrected chi connectivity index (χ3v) is 5.40. The van der Waals surface area contributed by atoms with Gasteiger partial charge in [-0.25, -0.2) is 0 Å². The van der Waals surface area contributed by atoms with Crippen molar-refractivity contribution in [2.75, 3.05) is 26.3 Å². The van der Waals surface area contributed by atoms with Gasteiger partial charge in [-0.2, -0.15) is 0 Å². The van der Waals surface area contributed by atoms with Gasteiger partial charge in [-0.3, -0.25) is 9.59 Å². The summed E-state index contributed by atoms with van der Waals surface area (Å²) >= 11 is 0. The van der Waals surface area contributed by atoms with E-state index in [0.29, 0.717) is 31.9 Å². The molecular formula is C20H25N3O3. The fraction of sp³-hybridized carbons (Fsp3) is 0.500. The van der Waals surface area contributed by atoms with Crippen LogP contribution in [0.5, 0.6) is 0 Å². The Kier molecular flexibility index (Phi) is 4.68. The lowest BCUT2D eigenvalue weighted by Crippen LogP contribution is -2.50. The first-order chi connectivity index (χ1) is 12.6. The first kappa shape index (κ1) is 17.1. The summed E-state index contributed by atoms with van der Waals surface area (Å²) in [4.78, 5) is 30.4. The van der Waals surface area contributed by atoms with Gasteiger partial charge in [-0.05, 0) is 56.4 Å². The summed E-state index contributed by atoms with van der Waals surface area (Å²) in [6, 6.07) is 5.20. The lowest BCUT2D eigenvalue weighted by atomic mass is 9.95. The largest absolute Gasteiger partial charge is 0.378 e. The molecule has 0 spiro atoms. The van der Waals surface area contributed by atoms with Gasteiger partial charge >= 0.3 is 0 Å². The van der Waals surface area contributed by atoms with Crippen LogP contribution in [0, 0.1) is 0 Å². The van der Waals surface area contributed by atoms with Crippen molar-refractivity contribution in [3.8, 4) is 0 Å². The van der Waals surface area contributed by atoms with E-state index >= 15 is 0 Å². The van der Waals surface area contributed by atoms with E-state index in [2.05, 4.69) is 10.3 Å². The second-order valence-corrected chi connectivity index (χ2v) is 7.18. The molecule has 2 amide bonds. The Morgan fingerprint density at radius 2 is 1.96 bits per heavy atom. The van der Waals surface area contributed by atoms with Crippen LogP contribution < -0.4 is 5.32 Å². The average Bonchev–Trinajstić information content (AvgIpc) is 3.05. The number of rotatable bonds is 3. The monoisotopic (exact) mass is 355 g/mol. The highest BCUT2D eigenvalue weighted by atomic mass is 16.5. The molecule has 2 aromatic rings. The molecule has 2 N–H and O–H groups in total. The number of carbonyl (C=O) groups is 2. The zero-order chi connectivity index (χ0) is 18.1. The molecule has 1 aliphatic carbocycles. The Bertz CT molecular complexity index is 836. The fourth-order valence-electron chi connectivity index (χ4n) is 3.95. The van der Waals surface area contributed by atoms with Crippen LogP contribution in [0.2, 0.25) is 0 Å². The Hall–Kier alpha value is -2.34. The molecule has 1 atom stereocenters. The number of ether oxygens (including phenoxy) is 1. The van der Waals surface area contributed by atoms with Crippen molar-refractivity contribution in [3.05, 3.63) is 35.0 Å². The number of morpholine rings is 1. The van der Waals surface area contributed by atoms with Crippen LogP contribution in [-0.2, 0) is 22.4 Å². The van der Waals surface area contributed by atoms with E-state index in [0.717, 1.165) is 23.7 Å². The Morgan fingerprint density at radius 3 is 2.77 bits per heavy atom. The molecular weight excluding hydrogens is 330 g/mol. The SMILES string of the molecule is CC(NC(=O)c1ccc2[nH]c3c(c2c1)CCCC3)C(=O)N1CCOCC1. The standard InChI is InChI=1S/C20H25N3O3/c1-13(20(25)23-8-10-26-11-9-23)21-19(24)14-6-7-18-16(12-14)15-4-2-3-5-17(15)22-18/h6-7,12-13,22H,2-5,8-11H2,1H3,(H,21,24). The molecule has 0 radical (unpaired) electrons. The maximum atomic E-state index is 12.7. The van der Waals surface area contributed by atoms with Crippen molar-refractivity contribution in [2.45, 2.75) is 38.6 Å². The number of nitrogens with zero attached hydrogens (tertiary/aromatic N) is 1. The lowest BCUT2D eigenvalue weighted by molar-refractivity contribution is -0.136. The maximum absolute atomic E-state index is 12.7. The van der Waals surface area contributed by atoms with Crippen LogP contribution in [0.1, 0.15) is 41.4 Å². The van der Waals surface area contributed by atoms with Crippen LogP contribution in [-0.4, -0.2) is 54.0 Å². The number of nitrogens with one attached hydrogen (secondary N) is 2. The van der Waals surface area contributed by atoms with Crippen molar-refractivity contribution < 1.29 is 14.3 Å². The van der Waals surface area contributed by atoms with Gasteiger partial charge in [0.15, 0.2) is 0 Å². The molecule has 1 aromatic carbocycles. The quantitative estimate of drug-likeness (QED) is 0.885. The Balaban J connectivity index is 1.49. The molecule has 1 aliphatic heterocycles. The number of H-pyrrole nitrogens is 1. The van der Waals surface area contributed by atoms with Crippen LogP contribution in [0.15, 0.2) is 18.2 Å². The molecule has 6 nitrogen and oxygen atoms in total. The topological polar surface area (TPSA) is 74.4 Å². The molecule has 1 fully saturated rings. The number of fused-ring (bicyclic) bond motifs is 3. The lowest BCUT2D eigenvalue weighted by Gasteiger charge is -2.29. The molecule has 1 unspecified atom stereocenters. The van der Waals surface area contributed by atoms with Gasteiger partial charge in [-0.15, -0.1) is 0 Å². The van der Waals surface area contributed by atoms with Gasteiger partial charge in [0.1, 0.15) is 6.04 Å². The first-order valence-corrected chi connectivity index (χ1v) is 9.44. The summed E-state index contributed by atoms with van der Waals surface area (Å²) in [5, 5.41) is 3.99.